The highest BCUT2D eigenvalue weighted by Crippen LogP contribution is 2.35. The zero-order valence-electron chi connectivity index (χ0n) is 11.3. The number of halogens is 5. The van der Waals surface area contributed by atoms with Crippen molar-refractivity contribution >= 4 is 5.91 Å². The Morgan fingerprint density at radius 1 is 1.15 bits per heavy atom. The van der Waals surface area contributed by atoms with E-state index in [9.17, 15) is 26.7 Å². The maximum Gasteiger partial charge on any atom is 0.463 e. The second-order valence-electron chi connectivity index (χ2n) is 5.25. The van der Waals surface area contributed by atoms with E-state index in [0.29, 0.717) is 6.54 Å². The average Bonchev–Trinajstić information content (AvgIpc) is 2.35. The largest absolute Gasteiger partial charge is 0.463 e. The normalized spacial score (nSPS) is 19.7. The zero-order valence-corrected chi connectivity index (χ0v) is 11.3. The molecule has 0 radical (unpaired) electrons. The Morgan fingerprint density at radius 2 is 1.70 bits per heavy atom. The molecular weight excluding hydrogens is 283 g/mol. The highest BCUT2D eigenvalue weighted by atomic mass is 19.4. The van der Waals surface area contributed by atoms with Crippen molar-refractivity contribution in [2.24, 2.45) is 5.92 Å². The van der Waals surface area contributed by atoms with E-state index in [1.54, 1.807) is 12.2 Å². The Bertz CT molecular complexity index is 326. The minimum atomic E-state index is -5.85. The molecule has 1 amide bonds. The maximum absolute atomic E-state index is 12.7. The molecule has 1 rings (SSSR count). The molecule has 0 bridgehead atoms. The number of carbonyl (C=O) groups excluding carboxylic acids is 1. The fourth-order valence-corrected chi connectivity index (χ4v) is 2.15. The van der Waals surface area contributed by atoms with E-state index in [0.717, 1.165) is 32.4 Å². The number of hydrogen-bond acceptors (Lipinski definition) is 2. The van der Waals surface area contributed by atoms with Gasteiger partial charge < -0.3 is 10.2 Å². The van der Waals surface area contributed by atoms with Gasteiger partial charge in [-0.05, 0) is 31.8 Å². The number of likely N-dealkylation sites (tertiary alicyclic amines) is 1. The van der Waals surface area contributed by atoms with Crippen LogP contribution in [0.5, 0.6) is 0 Å². The first-order chi connectivity index (χ1) is 9.14. The van der Waals surface area contributed by atoms with Crippen molar-refractivity contribution in [1.29, 1.82) is 0 Å². The van der Waals surface area contributed by atoms with Gasteiger partial charge in [0.25, 0.3) is 5.91 Å². The minimum absolute atomic E-state index is 0.180. The molecule has 1 aliphatic heterocycles. The van der Waals surface area contributed by atoms with E-state index < -0.39 is 18.0 Å². The molecule has 3 nitrogen and oxygen atoms in total. The van der Waals surface area contributed by atoms with Gasteiger partial charge >= 0.3 is 12.1 Å². The Labute approximate surface area is 114 Å². The highest BCUT2D eigenvalue weighted by Gasteiger charge is 2.63. The van der Waals surface area contributed by atoms with Crippen LogP contribution >= 0.6 is 0 Å². The topological polar surface area (TPSA) is 32.3 Å². The van der Waals surface area contributed by atoms with Gasteiger partial charge in [-0.2, -0.15) is 22.0 Å². The standard InChI is InChI=1S/C12H19F5N2O/c1-9(8-19-5-3-2-4-6-19)7-18-10(20)11(13,14)12(15,16)17/h9H,2-8H2,1H3,(H,18,20). The lowest BCUT2D eigenvalue weighted by Gasteiger charge is -2.29. The Morgan fingerprint density at radius 3 is 2.20 bits per heavy atom. The van der Waals surface area contributed by atoms with E-state index in [-0.39, 0.29) is 12.5 Å². The summed E-state index contributed by atoms with van der Waals surface area (Å²) in [5.74, 6) is -7.80. The second kappa shape index (κ2) is 6.69. The van der Waals surface area contributed by atoms with Crippen LogP contribution in [0.1, 0.15) is 26.2 Å². The Balaban J connectivity index is 2.36. The third kappa shape index (κ3) is 4.57. The molecule has 8 heteroatoms. The predicted molar refractivity (Wildman–Crippen MR) is 63.5 cm³/mol. The van der Waals surface area contributed by atoms with Crippen molar-refractivity contribution in [3.8, 4) is 0 Å². The van der Waals surface area contributed by atoms with Crippen LogP contribution in [0.3, 0.4) is 0 Å². The summed E-state index contributed by atoms with van der Waals surface area (Å²) in [5.41, 5.74) is 0. The first-order valence-corrected chi connectivity index (χ1v) is 6.60. The highest BCUT2D eigenvalue weighted by molar-refractivity contribution is 5.84. The molecule has 1 atom stereocenters. The quantitative estimate of drug-likeness (QED) is 0.791. The van der Waals surface area contributed by atoms with Crippen LogP contribution in [0.2, 0.25) is 0 Å². The monoisotopic (exact) mass is 302 g/mol. The first-order valence-electron chi connectivity index (χ1n) is 6.60. The average molecular weight is 302 g/mol. The number of rotatable bonds is 5. The lowest BCUT2D eigenvalue weighted by Crippen LogP contribution is -2.51. The number of piperidine rings is 1. The summed E-state index contributed by atoms with van der Waals surface area (Å²) in [5, 5.41) is 1.68. The molecule has 1 heterocycles. The third-order valence-electron chi connectivity index (χ3n) is 3.27. The summed E-state index contributed by atoms with van der Waals surface area (Å²) in [6.07, 6.45) is -2.58. The van der Waals surface area contributed by atoms with Crippen molar-refractivity contribution in [2.75, 3.05) is 26.2 Å². The molecule has 1 unspecified atom stereocenters. The summed E-state index contributed by atoms with van der Waals surface area (Å²) >= 11 is 0. The summed E-state index contributed by atoms with van der Waals surface area (Å²) in [4.78, 5) is 13.0. The molecule has 118 valence electrons. The molecule has 0 aromatic heterocycles. The van der Waals surface area contributed by atoms with E-state index in [2.05, 4.69) is 4.90 Å². The number of nitrogens with one attached hydrogen (secondary N) is 1. The van der Waals surface area contributed by atoms with Crippen molar-refractivity contribution in [3.05, 3.63) is 0 Å². The van der Waals surface area contributed by atoms with Crippen molar-refractivity contribution in [2.45, 2.75) is 38.3 Å². The molecule has 0 aromatic rings. The molecule has 1 aliphatic rings. The molecule has 0 saturated carbocycles. The summed E-state index contributed by atoms with van der Waals surface area (Å²) in [6, 6.07) is 0. The number of hydrogen-bond donors (Lipinski definition) is 1. The summed E-state index contributed by atoms with van der Waals surface area (Å²) in [6.45, 7) is 3.90. The number of alkyl halides is 5. The van der Waals surface area contributed by atoms with Crippen LogP contribution in [-0.2, 0) is 4.79 Å². The van der Waals surface area contributed by atoms with Gasteiger partial charge in [-0.25, -0.2) is 0 Å². The number of nitrogens with zero attached hydrogens (tertiary/aromatic N) is 1. The molecule has 0 aliphatic carbocycles. The fourth-order valence-electron chi connectivity index (χ4n) is 2.15. The van der Waals surface area contributed by atoms with E-state index in [1.807, 2.05) is 0 Å². The van der Waals surface area contributed by atoms with Gasteiger partial charge in [0.15, 0.2) is 0 Å². The molecule has 0 spiro atoms. The number of amides is 1. The van der Waals surface area contributed by atoms with E-state index in [4.69, 9.17) is 0 Å². The number of carbonyl (C=O) groups is 1. The molecule has 1 saturated heterocycles. The molecule has 0 aromatic carbocycles. The third-order valence-corrected chi connectivity index (χ3v) is 3.27. The molecule has 20 heavy (non-hydrogen) atoms. The van der Waals surface area contributed by atoms with Crippen LogP contribution in [0.4, 0.5) is 22.0 Å². The zero-order chi connectivity index (χ0) is 15.4. The summed E-state index contributed by atoms with van der Waals surface area (Å²) < 4.78 is 61.3. The fraction of sp³-hybridized carbons (Fsp3) is 0.917. The maximum atomic E-state index is 12.7. The van der Waals surface area contributed by atoms with Gasteiger partial charge in [0, 0.05) is 13.1 Å². The lowest BCUT2D eigenvalue weighted by atomic mass is 10.1. The molecular formula is C12H19F5N2O. The van der Waals surface area contributed by atoms with Gasteiger partial charge in [-0.3, -0.25) is 4.79 Å². The van der Waals surface area contributed by atoms with Crippen LogP contribution in [0.25, 0.3) is 0 Å². The van der Waals surface area contributed by atoms with Crippen molar-refractivity contribution in [1.82, 2.24) is 10.2 Å². The van der Waals surface area contributed by atoms with E-state index >= 15 is 0 Å². The van der Waals surface area contributed by atoms with Crippen LogP contribution in [-0.4, -0.2) is 49.1 Å². The summed E-state index contributed by atoms with van der Waals surface area (Å²) in [7, 11) is 0. The predicted octanol–water partition coefficient (Wildman–Crippen LogP) is 2.42. The molecule has 1 N–H and O–H groups in total. The Hall–Kier alpha value is -0.920. The molecule has 1 fully saturated rings. The first kappa shape index (κ1) is 17.1. The van der Waals surface area contributed by atoms with Crippen LogP contribution in [0, 0.1) is 5.92 Å². The van der Waals surface area contributed by atoms with Gasteiger partial charge in [0.1, 0.15) is 0 Å². The second-order valence-corrected chi connectivity index (χ2v) is 5.25. The SMILES string of the molecule is CC(CNC(=O)C(F)(F)C(F)(F)F)CN1CCCCC1. The van der Waals surface area contributed by atoms with Crippen molar-refractivity contribution in [3.63, 3.8) is 0 Å². The van der Waals surface area contributed by atoms with Gasteiger partial charge in [-0.1, -0.05) is 13.3 Å². The lowest BCUT2D eigenvalue weighted by molar-refractivity contribution is -0.269. The van der Waals surface area contributed by atoms with Gasteiger partial charge in [0.05, 0.1) is 0 Å². The van der Waals surface area contributed by atoms with E-state index in [1.165, 1.54) is 0 Å². The van der Waals surface area contributed by atoms with Crippen LogP contribution in [0.15, 0.2) is 0 Å². The van der Waals surface area contributed by atoms with Gasteiger partial charge in [0.2, 0.25) is 0 Å². The Kier molecular flexibility index (Phi) is 5.73. The van der Waals surface area contributed by atoms with Crippen molar-refractivity contribution < 1.29 is 26.7 Å². The minimum Gasteiger partial charge on any atom is -0.350 e. The smallest absolute Gasteiger partial charge is 0.350 e. The van der Waals surface area contributed by atoms with Gasteiger partial charge in [-0.15, -0.1) is 0 Å². The van der Waals surface area contributed by atoms with Crippen LogP contribution < -0.4 is 5.32 Å².